The van der Waals surface area contributed by atoms with Gasteiger partial charge < -0.3 is 11.1 Å². The number of nitrogens with two attached hydrogens (primary N) is 1. The number of carbonyl (C=O) groups is 1. The van der Waals surface area contributed by atoms with Gasteiger partial charge in [-0.3, -0.25) is 9.69 Å². The summed E-state index contributed by atoms with van der Waals surface area (Å²) in [6.07, 6.45) is 9.48. The van der Waals surface area contributed by atoms with Crippen molar-refractivity contribution < 1.29 is 4.79 Å². The predicted octanol–water partition coefficient (Wildman–Crippen LogP) is 0.811. The van der Waals surface area contributed by atoms with E-state index < -0.39 is 0 Å². The molecule has 2 aliphatic heterocycles. The van der Waals surface area contributed by atoms with Gasteiger partial charge in [0.1, 0.15) is 0 Å². The molecule has 4 nitrogen and oxygen atoms in total. The van der Waals surface area contributed by atoms with Crippen LogP contribution < -0.4 is 11.1 Å². The number of carbonyl (C=O) groups excluding carboxylic acids is 1. The molecule has 3 rings (SSSR count). The first-order valence-electron chi connectivity index (χ1n) is 6.52. The van der Waals surface area contributed by atoms with Crippen LogP contribution in [-0.2, 0) is 4.79 Å². The molecule has 3 N–H and O–H groups in total. The summed E-state index contributed by atoms with van der Waals surface area (Å²) in [4.78, 5) is 13.7. The fourth-order valence-electron chi connectivity index (χ4n) is 2.85. The second-order valence-electron chi connectivity index (χ2n) is 5.10. The van der Waals surface area contributed by atoms with Crippen LogP contribution >= 0.6 is 11.8 Å². The zero-order valence-corrected chi connectivity index (χ0v) is 11.2. The first-order valence-corrected chi connectivity index (χ1v) is 7.47. The van der Waals surface area contributed by atoms with Crippen molar-refractivity contribution in [2.75, 3.05) is 13.2 Å². The summed E-state index contributed by atoms with van der Waals surface area (Å²) in [5.74, 6) is -0.262. The maximum Gasteiger partial charge on any atom is 0.244 e. The SMILES string of the molecule is NC(=O)C1=CCC2SC3C=CCCN3CNC2C1. The molecular formula is C13H19N3OS. The lowest BCUT2D eigenvalue weighted by molar-refractivity contribution is -0.114. The Morgan fingerprint density at radius 1 is 1.56 bits per heavy atom. The Morgan fingerprint density at radius 3 is 3.28 bits per heavy atom. The first kappa shape index (κ1) is 12.3. The van der Waals surface area contributed by atoms with Gasteiger partial charge in [-0.25, -0.2) is 0 Å². The topological polar surface area (TPSA) is 58.4 Å². The van der Waals surface area contributed by atoms with E-state index in [4.69, 9.17) is 5.73 Å². The monoisotopic (exact) mass is 265 g/mol. The second-order valence-corrected chi connectivity index (χ2v) is 6.46. The van der Waals surface area contributed by atoms with E-state index in [0.29, 0.717) is 16.7 Å². The van der Waals surface area contributed by atoms with Gasteiger partial charge in [0.15, 0.2) is 0 Å². The van der Waals surface area contributed by atoms with Crippen molar-refractivity contribution in [3.05, 3.63) is 23.8 Å². The number of primary amides is 1. The van der Waals surface area contributed by atoms with Crippen LogP contribution in [0.5, 0.6) is 0 Å². The smallest absolute Gasteiger partial charge is 0.244 e. The van der Waals surface area contributed by atoms with Gasteiger partial charge in [0.2, 0.25) is 5.91 Å². The highest BCUT2D eigenvalue weighted by Crippen LogP contribution is 2.35. The van der Waals surface area contributed by atoms with Gasteiger partial charge in [-0.15, -0.1) is 11.8 Å². The summed E-state index contributed by atoms with van der Waals surface area (Å²) in [6, 6.07) is 0.376. The maximum atomic E-state index is 11.3. The van der Waals surface area contributed by atoms with Gasteiger partial charge in [-0.1, -0.05) is 18.2 Å². The zero-order chi connectivity index (χ0) is 12.5. The Labute approximate surface area is 112 Å². The van der Waals surface area contributed by atoms with E-state index in [0.717, 1.165) is 38.0 Å². The number of allylic oxidation sites excluding steroid dienone is 1. The van der Waals surface area contributed by atoms with Crippen LogP contribution in [0.4, 0.5) is 0 Å². The minimum Gasteiger partial charge on any atom is -0.366 e. The first-order chi connectivity index (χ1) is 8.74. The normalized spacial score (nSPS) is 36.2. The fourth-order valence-corrected chi connectivity index (χ4v) is 4.35. The molecule has 0 aromatic rings. The van der Waals surface area contributed by atoms with Crippen molar-refractivity contribution in [1.82, 2.24) is 10.2 Å². The van der Waals surface area contributed by atoms with E-state index >= 15 is 0 Å². The van der Waals surface area contributed by atoms with Gasteiger partial charge in [-0.05, 0) is 19.3 Å². The van der Waals surface area contributed by atoms with Crippen LogP contribution in [0.15, 0.2) is 23.8 Å². The molecule has 0 aromatic heterocycles. The molecule has 0 radical (unpaired) electrons. The molecule has 98 valence electrons. The molecule has 1 saturated heterocycles. The number of hydrogen-bond acceptors (Lipinski definition) is 4. The van der Waals surface area contributed by atoms with Gasteiger partial charge in [0, 0.05) is 30.1 Å². The van der Waals surface area contributed by atoms with Crippen molar-refractivity contribution >= 4 is 17.7 Å². The van der Waals surface area contributed by atoms with Gasteiger partial charge >= 0.3 is 0 Å². The molecule has 5 heteroatoms. The van der Waals surface area contributed by atoms with Crippen LogP contribution in [0.25, 0.3) is 0 Å². The molecule has 2 heterocycles. The number of fused-ring (bicyclic) bond motifs is 2. The lowest BCUT2D eigenvalue weighted by atomic mass is 9.94. The second kappa shape index (κ2) is 5.07. The molecule has 1 amide bonds. The highest BCUT2D eigenvalue weighted by molar-refractivity contribution is 8.00. The van der Waals surface area contributed by atoms with E-state index in [1.807, 2.05) is 17.8 Å². The minimum absolute atomic E-state index is 0.262. The van der Waals surface area contributed by atoms with Gasteiger partial charge in [-0.2, -0.15) is 0 Å². The predicted molar refractivity (Wildman–Crippen MR) is 73.9 cm³/mol. The van der Waals surface area contributed by atoms with E-state index in [9.17, 15) is 4.79 Å². The maximum absolute atomic E-state index is 11.3. The standard InChI is InChI=1S/C13H19N3OS/c14-13(17)9-4-5-11-10(7-9)15-8-16-6-2-1-3-12(16)18-11/h1,3-4,10-12,15H,2,5-8H2,(H2,14,17). The third-order valence-electron chi connectivity index (χ3n) is 3.92. The summed E-state index contributed by atoms with van der Waals surface area (Å²) in [7, 11) is 0. The number of nitrogens with one attached hydrogen (secondary N) is 1. The summed E-state index contributed by atoms with van der Waals surface area (Å²) in [6.45, 7) is 2.03. The number of nitrogens with zero attached hydrogens (tertiary/aromatic N) is 1. The average Bonchev–Trinajstić information content (AvgIpc) is 2.56. The molecule has 0 aromatic carbocycles. The fraction of sp³-hybridized carbons (Fsp3) is 0.615. The van der Waals surface area contributed by atoms with Crippen molar-refractivity contribution in [1.29, 1.82) is 0 Å². The van der Waals surface area contributed by atoms with E-state index in [1.165, 1.54) is 0 Å². The number of hydrogen-bond donors (Lipinski definition) is 2. The summed E-state index contributed by atoms with van der Waals surface area (Å²) < 4.78 is 0. The summed E-state index contributed by atoms with van der Waals surface area (Å²) in [5, 5.41) is 4.63. The molecule has 0 saturated carbocycles. The lowest BCUT2D eigenvalue weighted by Crippen LogP contribution is -2.44. The Kier molecular flexibility index (Phi) is 3.46. The van der Waals surface area contributed by atoms with Crippen LogP contribution in [0.3, 0.4) is 0 Å². The minimum atomic E-state index is -0.262. The van der Waals surface area contributed by atoms with E-state index in [2.05, 4.69) is 22.4 Å². The number of thioether (sulfide) groups is 1. The third-order valence-corrected chi connectivity index (χ3v) is 5.52. The third kappa shape index (κ3) is 2.35. The number of rotatable bonds is 1. The Morgan fingerprint density at radius 2 is 2.44 bits per heavy atom. The molecule has 3 atom stereocenters. The Balaban J connectivity index is 1.75. The average molecular weight is 265 g/mol. The van der Waals surface area contributed by atoms with Crippen molar-refractivity contribution in [2.24, 2.45) is 5.73 Å². The Hall–Kier alpha value is -0.780. The van der Waals surface area contributed by atoms with E-state index in [-0.39, 0.29) is 5.91 Å². The summed E-state index contributed by atoms with van der Waals surface area (Å²) >= 11 is 2.01. The molecule has 1 fully saturated rings. The van der Waals surface area contributed by atoms with E-state index in [1.54, 1.807) is 0 Å². The highest BCUT2D eigenvalue weighted by atomic mass is 32.2. The van der Waals surface area contributed by atoms with Crippen LogP contribution in [0.2, 0.25) is 0 Å². The lowest BCUT2D eigenvalue weighted by Gasteiger charge is -2.30. The zero-order valence-electron chi connectivity index (χ0n) is 10.3. The van der Waals surface area contributed by atoms with Crippen molar-refractivity contribution in [2.45, 2.75) is 35.9 Å². The quantitative estimate of drug-likeness (QED) is 0.689. The van der Waals surface area contributed by atoms with Crippen LogP contribution in [0, 0.1) is 0 Å². The molecule has 1 aliphatic carbocycles. The molecule has 3 aliphatic rings. The molecule has 18 heavy (non-hydrogen) atoms. The molecule has 3 unspecified atom stereocenters. The van der Waals surface area contributed by atoms with Gasteiger partial charge in [0.25, 0.3) is 0 Å². The van der Waals surface area contributed by atoms with Crippen molar-refractivity contribution in [3.8, 4) is 0 Å². The largest absolute Gasteiger partial charge is 0.366 e. The van der Waals surface area contributed by atoms with Crippen LogP contribution in [0.1, 0.15) is 19.3 Å². The molecule has 0 bridgehead atoms. The molecule has 0 spiro atoms. The highest BCUT2D eigenvalue weighted by Gasteiger charge is 2.34. The molecular weight excluding hydrogens is 246 g/mol. The van der Waals surface area contributed by atoms with Crippen molar-refractivity contribution in [3.63, 3.8) is 0 Å². The van der Waals surface area contributed by atoms with Gasteiger partial charge in [0.05, 0.1) is 5.37 Å². The number of amides is 1. The summed E-state index contributed by atoms with van der Waals surface area (Å²) in [5.41, 5.74) is 6.17. The Bertz CT molecular complexity index is 407. The van der Waals surface area contributed by atoms with Crippen LogP contribution in [-0.4, -0.2) is 40.7 Å².